The van der Waals surface area contributed by atoms with Crippen LogP contribution in [0.25, 0.3) is 11.0 Å². The molecule has 168 valence electrons. The van der Waals surface area contributed by atoms with Gasteiger partial charge in [-0.3, -0.25) is 14.4 Å². The molecule has 0 amide bonds. The Hall–Kier alpha value is -3.26. The van der Waals surface area contributed by atoms with Crippen LogP contribution in [-0.4, -0.2) is 54.5 Å². The molecule has 3 heterocycles. The van der Waals surface area contributed by atoms with E-state index < -0.39 is 0 Å². The Morgan fingerprint density at radius 3 is 2.69 bits per heavy atom. The Labute approximate surface area is 188 Å². The van der Waals surface area contributed by atoms with Gasteiger partial charge in [0.05, 0.1) is 38.6 Å². The van der Waals surface area contributed by atoms with E-state index >= 15 is 0 Å². The van der Waals surface area contributed by atoms with Crippen molar-refractivity contribution in [2.75, 3.05) is 39.0 Å². The number of nitrogens with zero attached hydrogens (tertiary/aromatic N) is 5. The van der Waals surface area contributed by atoms with Gasteiger partial charge in [0.25, 0.3) is 0 Å². The highest BCUT2D eigenvalue weighted by molar-refractivity contribution is 5.98. The molecule has 2 aliphatic rings. The number of nitrogens with one attached hydrogen (secondary N) is 1. The van der Waals surface area contributed by atoms with E-state index in [0.717, 1.165) is 48.1 Å². The molecule has 0 aliphatic carbocycles. The van der Waals surface area contributed by atoms with E-state index in [9.17, 15) is 0 Å². The second-order valence-corrected chi connectivity index (χ2v) is 8.70. The van der Waals surface area contributed by atoms with Gasteiger partial charge in [-0.25, -0.2) is 9.98 Å². The number of imidazole rings is 1. The summed E-state index contributed by atoms with van der Waals surface area (Å²) in [7, 11) is 3.31. The highest BCUT2D eigenvalue weighted by Crippen LogP contribution is 2.37. The fourth-order valence-corrected chi connectivity index (χ4v) is 4.35. The van der Waals surface area contributed by atoms with Crippen LogP contribution >= 0.6 is 0 Å². The maximum absolute atomic E-state index is 5.57. The number of hydrogen-bond acceptors (Lipinski definition) is 7. The van der Waals surface area contributed by atoms with Crippen LogP contribution in [0.3, 0.4) is 0 Å². The number of aromatic nitrogens is 2. The third-order valence-corrected chi connectivity index (χ3v) is 6.11. The Morgan fingerprint density at radius 2 is 1.91 bits per heavy atom. The van der Waals surface area contributed by atoms with Crippen molar-refractivity contribution >= 4 is 22.9 Å². The third kappa shape index (κ3) is 3.54. The van der Waals surface area contributed by atoms with Crippen LogP contribution in [0.4, 0.5) is 5.95 Å². The van der Waals surface area contributed by atoms with Crippen LogP contribution < -0.4 is 19.7 Å². The van der Waals surface area contributed by atoms with Crippen LogP contribution in [0.5, 0.6) is 11.5 Å². The van der Waals surface area contributed by atoms with Crippen LogP contribution in [0.1, 0.15) is 32.0 Å². The molecular formula is C24H30N6O2. The molecule has 3 aromatic rings. The largest absolute Gasteiger partial charge is 0.493 e. The van der Waals surface area contributed by atoms with Crippen LogP contribution in [0.2, 0.25) is 0 Å². The van der Waals surface area contributed by atoms with E-state index in [-0.39, 0.29) is 6.17 Å². The van der Waals surface area contributed by atoms with E-state index in [1.54, 1.807) is 14.2 Å². The van der Waals surface area contributed by atoms with Gasteiger partial charge in [-0.05, 0) is 42.2 Å². The van der Waals surface area contributed by atoms with E-state index in [4.69, 9.17) is 19.5 Å². The van der Waals surface area contributed by atoms with Gasteiger partial charge in [0, 0.05) is 6.54 Å². The van der Waals surface area contributed by atoms with Crippen molar-refractivity contribution in [3.8, 4) is 11.5 Å². The maximum atomic E-state index is 5.57. The first-order valence-corrected chi connectivity index (χ1v) is 11.1. The summed E-state index contributed by atoms with van der Waals surface area (Å²) >= 11 is 0. The van der Waals surface area contributed by atoms with Gasteiger partial charge in [0.2, 0.25) is 11.9 Å². The summed E-state index contributed by atoms with van der Waals surface area (Å²) in [4.78, 5) is 14.4. The highest BCUT2D eigenvalue weighted by atomic mass is 16.5. The molecular weight excluding hydrogens is 404 g/mol. The number of aliphatic imine (C=N–C) groups is 1. The Kier molecular flexibility index (Phi) is 5.38. The van der Waals surface area contributed by atoms with Crippen molar-refractivity contribution in [2.45, 2.75) is 26.4 Å². The molecule has 1 N–H and O–H groups in total. The first-order chi connectivity index (χ1) is 15.6. The molecule has 5 rings (SSSR count). The van der Waals surface area contributed by atoms with Crippen LogP contribution in [0.15, 0.2) is 47.5 Å². The average Bonchev–Trinajstić information content (AvgIpc) is 3.21. The van der Waals surface area contributed by atoms with Gasteiger partial charge in [-0.1, -0.05) is 32.0 Å². The lowest BCUT2D eigenvalue weighted by Gasteiger charge is -2.42. The van der Waals surface area contributed by atoms with Crippen molar-refractivity contribution in [3.63, 3.8) is 0 Å². The minimum Gasteiger partial charge on any atom is -0.493 e. The number of benzene rings is 2. The molecule has 0 saturated heterocycles. The fraction of sp³-hybridized carbons (Fsp3) is 0.417. The predicted molar refractivity (Wildman–Crippen MR) is 126 cm³/mol. The van der Waals surface area contributed by atoms with Crippen LogP contribution in [-0.2, 0) is 0 Å². The zero-order chi connectivity index (χ0) is 22.2. The molecule has 0 fully saturated rings. The maximum Gasteiger partial charge on any atom is 0.216 e. The number of para-hydroxylation sites is 2. The van der Waals surface area contributed by atoms with Crippen molar-refractivity contribution in [3.05, 3.63) is 48.0 Å². The molecule has 2 aliphatic heterocycles. The van der Waals surface area contributed by atoms with Gasteiger partial charge in [0.15, 0.2) is 11.5 Å². The number of methoxy groups -OCH3 is 2. The average molecular weight is 435 g/mol. The molecule has 8 nitrogen and oxygen atoms in total. The molecule has 0 saturated carbocycles. The second kappa shape index (κ2) is 8.35. The van der Waals surface area contributed by atoms with Gasteiger partial charge in [-0.2, -0.15) is 0 Å². The summed E-state index contributed by atoms with van der Waals surface area (Å²) in [6, 6.07) is 14.3. The molecule has 0 bridgehead atoms. The highest BCUT2D eigenvalue weighted by Gasteiger charge is 2.36. The Balaban J connectivity index is 1.58. The number of anilines is 1. The molecule has 8 heteroatoms. The molecule has 1 atom stereocenters. The summed E-state index contributed by atoms with van der Waals surface area (Å²) in [6.07, 6.45) is 0.992. The molecule has 0 radical (unpaired) electrons. The summed E-state index contributed by atoms with van der Waals surface area (Å²) in [5, 5.41) is 3.66. The van der Waals surface area contributed by atoms with Crippen molar-refractivity contribution < 1.29 is 9.47 Å². The number of hydrogen-bond donors (Lipinski definition) is 1. The zero-order valence-corrected chi connectivity index (χ0v) is 19.1. The molecule has 32 heavy (non-hydrogen) atoms. The number of rotatable bonds is 6. The smallest absolute Gasteiger partial charge is 0.216 e. The van der Waals surface area contributed by atoms with E-state index in [0.29, 0.717) is 24.1 Å². The van der Waals surface area contributed by atoms with Gasteiger partial charge in [0.1, 0.15) is 6.17 Å². The van der Waals surface area contributed by atoms with Crippen LogP contribution in [0, 0.1) is 5.92 Å². The summed E-state index contributed by atoms with van der Waals surface area (Å²) in [6.45, 7) is 6.98. The minimum atomic E-state index is -0.158. The minimum absolute atomic E-state index is 0.158. The predicted octanol–water partition coefficient (Wildman–Crippen LogP) is 3.64. The lowest BCUT2D eigenvalue weighted by molar-refractivity contribution is 0.256. The van der Waals surface area contributed by atoms with Gasteiger partial charge < -0.3 is 14.8 Å². The number of ether oxygens (including phenoxy) is 2. The topological polar surface area (TPSA) is 67.2 Å². The molecule has 1 unspecified atom stereocenters. The molecule has 1 aromatic heterocycles. The normalized spacial score (nSPS) is 18.2. The summed E-state index contributed by atoms with van der Waals surface area (Å²) in [5.74, 6) is 3.83. The second-order valence-electron chi connectivity index (χ2n) is 8.70. The molecule has 0 spiro atoms. The fourth-order valence-electron chi connectivity index (χ4n) is 4.35. The lowest BCUT2D eigenvalue weighted by atomic mass is 10.1. The lowest BCUT2D eigenvalue weighted by Crippen LogP contribution is -2.57. The van der Waals surface area contributed by atoms with Crippen molar-refractivity contribution in [1.82, 2.24) is 19.8 Å². The van der Waals surface area contributed by atoms with Gasteiger partial charge in [-0.15, -0.1) is 0 Å². The van der Waals surface area contributed by atoms with E-state index in [1.165, 1.54) is 0 Å². The van der Waals surface area contributed by atoms with Crippen molar-refractivity contribution in [1.29, 1.82) is 0 Å². The quantitative estimate of drug-likeness (QED) is 0.639. The van der Waals surface area contributed by atoms with Crippen molar-refractivity contribution in [2.24, 2.45) is 10.9 Å². The third-order valence-electron chi connectivity index (χ3n) is 6.11. The van der Waals surface area contributed by atoms with Gasteiger partial charge >= 0.3 is 0 Å². The monoisotopic (exact) mass is 434 g/mol. The summed E-state index contributed by atoms with van der Waals surface area (Å²) < 4.78 is 13.3. The Bertz CT molecular complexity index is 1150. The first-order valence-electron chi connectivity index (χ1n) is 11.1. The molecule has 2 aromatic carbocycles. The zero-order valence-electron chi connectivity index (χ0n) is 19.1. The Morgan fingerprint density at radius 1 is 1.09 bits per heavy atom. The first kappa shape index (κ1) is 20.6. The standard InChI is InChI=1S/C24H30N6O2/c1-16(2)11-12-28-14-25-23-27-22(17-9-10-20(31-3)21(13-17)32-4)30-19-8-6-5-7-18(19)26-24(30)29(23)15-28/h5-10,13,16,22H,11-12,14-15H2,1-4H3,(H,25,27). The van der Waals surface area contributed by atoms with E-state index in [1.807, 2.05) is 18.2 Å². The SMILES string of the molecule is COc1ccc(C2NC3=NCN(CCC(C)C)CN3c3nc4ccccc4n32)cc1OC. The summed E-state index contributed by atoms with van der Waals surface area (Å²) in [5.41, 5.74) is 3.10. The van der Waals surface area contributed by atoms with E-state index in [2.05, 4.69) is 57.8 Å². The number of fused-ring (bicyclic) bond motifs is 5. The number of guanidine groups is 1.